The number of thiazole rings is 1. The van der Waals surface area contributed by atoms with Crippen LogP contribution in [0, 0.1) is 0 Å². The Bertz CT molecular complexity index is 1440. The average molecular weight is 445 g/mol. The first-order valence-corrected chi connectivity index (χ1v) is 11.7. The minimum Gasteiger partial charge on any atom is -0.337 e. The molecule has 0 fully saturated rings. The molecule has 2 aromatic heterocycles. The standard InChI is InChI=1S/C25H22N3OS2/c1-26-15-9-8-12-19(26)16-22-28(17-18-10-4-3-5-11-18)24(29)23(31-22)25-27(2)20-13-6-7-14-21(20)30-25/h3-16H,17H2,1-2H3/q+1. The van der Waals surface area contributed by atoms with Gasteiger partial charge >= 0.3 is 0 Å². The zero-order valence-electron chi connectivity index (χ0n) is 17.4. The third-order valence-electron chi connectivity index (χ3n) is 5.39. The molecule has 0 bridgehead atoms. The molecule has 3 heterocycles. The number of hydrogen-bond donors (Lipinski definition) is 0. The second kappa shape index (κ2) is 8.21. The number of aryl methyl sites for hydroxylation is 1. The number of nitrogens with zero attached hydrogens (tertiary/aromatic N) is 3. The molecular formula is C25H22N3OS2+. The third kappa shape index (κ3) is 3.73. The highest BCUT2D eigenvalue weighted by Crippen LogP contribution is 2.44. The summed E-state index contributed by atoms with van der Waals surface area (Å²) < 4.78 is 5.69. The third-order valence-corrected chi connectivity index (χ3v) is 7.88. The minimum absolute atomic E-state index is 0.0563. The molecule has 1 aliphatic rings. The number of rotatable bonds is 3. The highest BCUT2D eigenvalue weighted by Gasteiger charge is 2.24. The second-order valence-electron chi connectivity index (χ2n) is 7.46. The van der Waals surface area contributed by atoms with Gasteiger partial charge in [-0.1, -0.05) is 54.2 Å². The lowest BCUT2D eigenvalue weighted by molar-refractivity contribution is -0.673. The fourth-order valence-electron chi connectivity index (χ4n) is 3.70. The van der Waals surface area contributed by atoms with E-state index in [2.05, 4.69) is 45.9 Å². The van der Waals surface area contributed by atoms with Crippen LogP contribution in [0.5, 0.6) is 0 Å². The second-order valence-corrected chi connectivity index (χ2v) is 9.52. The first-order chi connectivity index (χ1) is 15.1. The number of hydrogen-bond acceptors (Lipinski definition) is 4. The van der Waals surface area contributed by atoms with Gasteiger partial charge in [-0.15, -0.1) is 11.3 Å². The van der Waals surface area contributed by atoms with Gasteiger partial charge in [0.2, 0.25) is 5.69 Å². The number of para-hydroxylation sites is 1. The maximum Gasteiger partial charge on any atom is 0.272 e. The molecule has 5 rings (SSSR count). The van der Waals surface area contributed by atoms with Crippen LogP contribution in [0.2, 0.25) is 0 Å². The number of anilines is 1. The topological polar surface area (TPSA) is 29.1 Å². The quantitative estimate of drug-likeness (QED) is 0.455. The van der Waals surface area contributed by atoms with Gasteiger partial charge in [0, 0.05) is 30.2 Å². The first-order valence-electron chi connectivity index (χ1n) is 10.1. The molecule has 2 aromatic carbocycles. The Hall–Kier alpha value is -3.09. The molecule has 0 spiro atoms. The van der Waals surface area contributed by atoms with Crippen molar-refractivity contribution >= 4 is 39.9 Å². The molecule has 0 atom stereocenters. The normalized spacial score (nSPS) is 15.4. The Kier molecular flexibility index (Phi) is 5.26. The summed E-state index contributed by atoms with van der Waals surface area (Å²) in [5, 5.41) is 0.995. The van der Waals surface area contributed by atoms with Crippen LogP contribution in [-0.2, 0) is 13.6 Å². The predicted molar refractivity (Wildman–Crippen MR) is 129 cm³/mol. The van der Waals surface area contributed by atoms with Crippen LogP contribution in [-0.4, -0.2) is 11.6 Å². The Morgan fingerprint density at radius 3 is 2.48 bits per heavy atom. The van der Waals surface area contributed by atoms with Gasteiger partial charge in [0.15, 0.2) is 6.20 Å². The maximum absolute atomic E-state index is 13.6. The molecule has 1 aliphatic heterocycles. The van der Waals surface area contributed by atoms with Gasteiger partial charge in [-0.25, -0.2) is 4.57 Å². The van der Waals surface area contributed by atoms with Crippen LogP contribution < -0.4 is 24.2 Å². The summed E-state index contributed by atoms with van der Waals surface area (Å²) in [5.74, 6) is 0. The minimum atomic E-state index is 0.0563. The Labute approximate surface area is 189 Å². The molecular weight excluding hydrogens is 422 g/mol. The lowest BCUT2D eigenvalue weighted by Crippen LogP contribution is -2.35. The fraction of sp³-hybridized carbons (Fsp3) is 0.120. The molecule has 0 saturated heterocycles. The van der Waals surface area contributed by atoms with Crippen molar-refractivity contribution in [3.05, 3.63) is 110 Å². The Morgan fingerprint density at radius 2 is 1.71 bits per heavy atom. The van der Waals surface area contributed by atoms with Gasteiger partial charge in [-0.2, -0.15) is 0 Å². The molecule has 31 heavy (non-hydrogen) atoms. The first kappa shape index (κ1) is 19.8. The van der Waals surface area contributed by atoms with E-state index < -0.39 is 0 Å². The van der Waals surface area contributed by atoms with Crippen LogP contribution in [0.1, 0.15) is 11.3 Å². The summed E-state index contributed by atoms with van der Waals surface area (Å²) in [7, 11) is 4.06. The number of benzene rings is 2. The maximum atomic E-state index is 13.6. The van der Waals surface area contributed by atoms with Gasteiger partial charge < -0.3 is 4.90 Å². The summed E-state index contributed by atoms with van der Waals surface area (Å²) in [4.78, 5) is 17.0. The largest absolute Gasteiger partial charge is 0.337 e. The molecule has 0 saturated carbocycles. The highest BCUT2D eigenvalue weighted by atomic mass is 32.2. The summed E-state index contributed by atoms with van der Waals surface area (Å²) in [6.45, 7) is 0.549. The van der Waals surface area contributed by atoms with Crippen molar-refractivity contribution in [2.45, 2.75) is 11.4 Å². The number of thioether (sulfide) groups is 1. The number of pyridine rings is 1. The van der Waals surface area contributed by atoms with E-state index in [0.29, 0.717) is 6.54 Å². The molecule has 4 nitrogen and oxygen atoms in total. The van der Waals surface area contributed by atoms with Crippen molar-refractivity contribution in [2.75, 3.05) is 11.9 Å². The van der Waals surface area contributed by atoms with Gasteiger partial charge in [0.05, 0.1) is 12.2 Å². The fourth-order valence-corrected chi connectivity index (χ4v) is 6.10. The van der Waals surface area contributed by atoms with Crippen molar-refractivity contribution in [2.24, 2.45) is 7.05 Å². The van der Waals surface area contributed by atoms with Crippen LogP contribution in [0.3, 0.4) is 0 Å². The molecule has 6 heteroatoms. The molecule has 0 N–H and O–H groups in total. The lowest BCUT2D eigenvalue weighted by Gasteiger charge is -2.11. The molecule has 0 aliphatic carbocycles. The number of aromatic nitrogens is 2. The monoisotopic (exact) mass is 444 g/mol. The molecule has 4 aromatic rings. The van der Waals surface area contributed by atoms with E-state index in [1.165, 1.54) is 4.90 Å². The lowest BCUT2D eigenvalue weighted by atomic mass is 10.2. The van der Waals surface area contributed by atoms with E-state index in [9.17, 15) is 4.79 Å². The van der Waals surface area contributed by atoms with Gasteiger partial charge in [-0.05, 0) is 23.8 Å². The van der Waals surface area contributed by atoms with Crippen molar-refractivity contribution in [3.63, 3.8) is 0 Å². The zero-order chi connectivity index (χ0) is 21.4. The van der Waals surface area contributed by atoms with Crippen molar-refractivity contribution < 1.29 is 4.57 Å². The van der Waals surface area contributed by atoms with E-state index in [1.807, 2.05) is 67.3 Å². The highest BCUT2D eigenvalue weighted by molar-refractivity contribution is 8.08. The van der Waals surface area contributed by atoms with Crippen LogP contribution in [0.4, 0.5) is 5.69 Å². The van der Waals surface area contributed by atoms with E-state index in [0.717, 1.165) is 31.2 Å². The molecule has 0 amide bonds. The van der Waals surface area contributed by atoms with Gasteiger partial charge in [0.1, 0.15) is 21.3 Å². The molecule has 0 radical (unpaired) electrons. The van der Waals surface area contributed by atoms with Crippen molar-refractivity contribution in [1.29, 1.82) is 0 Å². The summed E-state index contributed by atoms with van der Waals surface area (Å²) in [6.07, 6.45) is 4.12. The van der Waals surface area contributed by atoms with E-state index in [-0.39, 0.29) is 5.56 Å². The van der Waals surface area contributed by atoms with Gasteiger partial charge in [-0.3, -0.25) is 9.36 Å². The molecule has 0 unspecified atom stereocenters. The Balaban J connectivity index is 1.74. The summed E-state index contributed by atoms with van der Waals surface area (Å²) in [6, 6.07) is 24.5. The van der Waals surface area contributed by atoms with Gasteiger partial charge in [0.25, 0.3) is 5.56 Å². The summed E-state index contributed by atoms with van der Waals surface area (Å²) >= 11 is 3.23. The van der Waals surface area contributed by atoms with E-state index >= 15 is 0 Å². The van der Waals surface area contributed by atoms with Crippen LogP contribution in [0.25, 0.3) is 11.1 Å². The van der Waals surface area contributed by atoms with E-state index in [4.69, 9.17) is 0 Å². The smallest absolute Gasteiger partial charge is 0.272 e. The zero-order valence-corrected chi connectivity index (χ0v) is 19.0. The predicted octanol–water partition coefficient (Wildman–Crippen LogP) is 2.92. The number of fused-ring (bicyclic) bond motifs is 1. The Morgan fingerprint density at radius 1 is 0.968 bits per heavy atom. The SMILES string of the molecule is CN1C(=c2sc(=Cc3cccc[n+]3C)n(Cc3ccccc3)c2=O)Sc2ccccc21. The molecule has 154 valence electrons. The van der Waals surface area contributed by atoms with Crippen molar-refractivity contribution in [3.8, 4) is 0 Å². The van der Waals surface area contributed by atoms with Crippen molar-refractivity contribution in [1.82, 2.24) is 4.57 Å². The average Bonchev–Trinajstić information content (AvgIpc) is 3.28. The van der Waals surface area contributed by atoms with Crippen LogP contribution >= 0.6 is 23.1 Å². The van der Waals surface area contributed by atoms with Crippen LogP contribution in [0.15, 0.2) is 88.7 Å². The van der Waals surface area contributed by atoms with E-state index in [1.54, 1.807) is 23.1 Å². The summed E-state index contributed by atoms with van der Waals surface area (Å²) in [5.41, 5.74) is 3.37.